The number of benzene rings is 1. The predicted octanol–water partition coefficient (Wildman–Crippen LogP) is 0.696. The zero-order valence-corrected chi connectivity index (χ0v) is 14.0. The van der Waals surface area contributed by atoms with E-state index in [0.29, 0.717) is 10.6 Å². The van der Waals surface area contributed by atoms with Gasteiger partial charge in [-0.05, 0) is 24.1 Å². The number of nitrogens with one attached hydrogen (secondary N) is 2. The normalized spacial score (nSPS) is 13.0. The molecule has 9 heteroatoms. The molecule has 0 spiro atoms. The number of aromatic amines is 1. The maximum Gasteiger partial charge on any atom is 0.334 e. The molecule has 1 aromatic heterocycles. The molecule has 25 heavy (non-hydrogen) atoms. The van der Waals surface area contributed by atoms with Gasteiger partial charge in [-0.25, -0.2) is 9.59 Å². The Hall–Kier alpha value is -2.87. The first kappa shape index (κ1) is 18.5. The van der Waals surface area contributed by atoms with Crippen LogP contribution in [0.15, 0.2) is 46.1 Å². The van der Waals surface area contributed by atoms with Crippen LogP contribution >= 0.6 is 11.6 Å². The summed E-state index contributed by atoms with van der Waals surface area (Å²) in [7, 11) is 0. The van der Waals surface area contributed by atoms with Crippen LogP contribution in [0, 0.1) is 0 Å². The molecule has 0 aliphatic heterocycles. The third-order valence-corrected chi connectivity index (χ3v) is 4.05. The van der Waals surface area contributed by atoms with Gasteiger partial charge >= 0.3 is 11.7 Å². The Morgan fingerprint density at radius 3 is 2.40 bits per heavy atom. The van der Waals surface area contributed by atoms with Crippen molar-refractivity contribution in [2.75, 3.05) is 0 Å². The molecule has 132 valence electrons. The molecule has 0 fully saturated rings. The van der Waals surface area contributed by atoms with Gasteiger partial charge < -0.3 is 10.4 Å². The molecule has 1 unspecified atom stereocenters. The topological polar surface area (TPSA) is 121 Å². The van der Waals surface area contributed by atoms with Gasteiger partial charge in [-0.15, -0.1) is 0 Å². The first-order valence-corrected chi connectivity index (χ1v) is 7.76. The van der Waals surface area contributed by atoms with Crippen LogP contribution in [0.1, 0.15) is 18.9 Å². The molecule has 0 saturated carbocycles. The number of amides is 1. The maximum absolute atomic E-state index is 12.3. The summed E-state index contributed by atoms with van der Waals surface area (Å²) in [5.74, 6) is -1.92. The Balaban J connectivity index is 2.32. The Morgan fingerprint density at radius 2 is 1.88 bits per heavy atom. The van der Waals surface area contributed by atoms with E-state index >= 15 is 0 Å². The van der Waals surface area contributed by atoms with E-state index in [2.05, 4.69) is 5.32 Å². The Labute approximate surface area is 147 Å². The van der Waals surface area contributed by atoms with Crippen LogP contribution in [-0.2, 0) is 21.7 Å². The fourth-order valence-corrected chi connectivity index (χ4v) is 2.55. The number of halogens is 1. The molecule has 2 aromatic rings. The van der Waals surface area contributed by atoms with E-state index in [4.69, 9.17) is 11.6 Å². The number of carbonyl (C=O) groups excluding carboxylic acids is 1. The van der Waals surface area contributed by atoms with Gasteiger partial charge in [0.2, 0.25) is 5.91 Å². The number of carboxylic acid groups (broad SMARTS) is 1. The number of rotatable bonds is 6. The molecule has 3 N–H and O–H groups in total. The van der Waals surface area contributed by atoms with E-state index in [9.17, 15) is 24.3 Å². The van der Waals surface area contributed by atoms with Gasteiger partial charge in [0.05, 0.1) is 0 Å². The molecular formula is C16H16ClN3O5. The highest BCUT2D eigenvalue weighted by Crippen LogP contribution is 2.27. The number of carbonyl (C=O) groups is 2. The highest BCUT2D eigenvalue weighted by molar-refractivity contribution is 6.30. The van der Waals surface area contributed by atoms with Crippen molar-refractivity contribution in [3.05, 3.63) is 68.0 Å². The molecule has 1 atom stereocenters. The van der Waals surface area contributed by atoms with Gasteiger partial charge in [-0.1, -0.05) is 30.7 Å². The second kappa shape index (κ2) is 7.35. The monoisotopic (exact) mass is 365 g/mol. The number of nitrogens with zero attached hydrogens (tertiary/aromatic N) is 1. The standard InChI is InChI=1S/C16H16ClN3O5/c1-2-16(14(23)24,10-3-5-11(17)6-4-10)19-13(22)9-20-8-7-12(21)18-15(20)25/h3-8H,2,9H2,1H3,(H,19,22)(H,23,24)(H,18,21,25). The predicted molar refractivity (Wildman–Crippen MR) is 90.5 cm³/mol. The van der Waals surface area contributed by atoms with Gasteiger partial charge in [0.1, 0.15) is 6.54 Å². The lowest BCUT2D eigenvalue weighted by Gasteiger charge is -2.30. The zero-order valence-electron chi connectivity index (χ0n) is 13.3. The number of H-pyrrole nitrogens is 1. The van der Waals surface area contributed by atoms with Gasteiger partial charge in [0.25, 0.3) is 5.56 Å². The first-order chi connectivity index (χ1) is 11.8. The minimum atomic E-state index is -1.66. The highest BCUT2D eigenvalue weighted by atomic mass is 35.5. The zero-order chi connectivity index (χ0) is 18.6. The van der Waals surface area contributed by atoms with Crippen molar-refractivity contribution >= 4 is 23.5 Å². The Morgan fingerprint density at radius 1 is 1.24 bits per heavy atom. The number of hydrogen-bond acceptors (Lipinski definition) is 4. The fourth-order valence-electron chi connectivity index (χ4n) is 2.43. The third-order valence-electron chi connectivity index (χ3n) is 3.80. The Kier molecular flexibility index (Phi) is 5.43. The summed E-state index contributed by atoms with van der Waals surface area (Å²) < 4.78 is 0.973. The quantitative estimate of drug-likeness (QED) is 0.695. The summed E-state index contributed by atoms with van der Waals surface area (Å²) >= 11 is 5.83. The van der Waals surface area contributed by atoms with Crippen LogP contribution in [0.25, 0.3) is 0 Å². The smallest absolute Gasteiger partial charge is 0.334 e. The van der Waals surface area contributed by atoms with Crippen molar-refractivity contribution in [3.8, 4) is 0 Å². The highest BCUT2D eigenvalue weighted by Gasteiger charge is 2.40. The Bertz CT molecular complexity index is 903. The van der Waals surface area contributed by atoms with Crippen molar-refractivity contribution in [3.63, 3.8) is 0 Å². The minimum absolute atomic E-state index is 0.0796. The third kappa shape index (κ3) is 3.97. The summed E-state index contributed by atoms with van der Waals surface area (Å²) in [6.45, 7) is 1.19. The summed E-state index contributed by atoms with van der Waals surface area (Å²) in [6.07, 6.45) is 1.24. The molecule has 0 radical (unpaired) electrons. The van der Waals surface area contributed by atoms with E-state index in [0.717, 1.165) is 16.8 Å². The summed E-state index contributed by atoms with van der Waals surface area (Å²) in [4.78, 5) is 48.9. The largest absolute Gasteiger partial charge is 0.479 e. The van der Waals surface area contributed by atoms with Crippen molar-refractivity contribution < 1.29 is 14.7 Å². The summed E-state index contributed by atoms with van der Waals surface area (Å²) in [5, 5.41) is 12.6. The molecule has 2 rings (SSSR count). The van der Waals surface area contributed by atoms with Gasteiger partial charge in [0.15, 0.2) is 5.54 Å². The number of hydrogen-bond donors (Lipinski definition) is 3. The summed E-state index contributed by atoms with van der Waals surface area (Å²) in [6, 6.07) is 7.20. The average Bonchev–Trinajstić information content (AvgIpc) is 2.56. The van der Waals surface area contributed by atoms with E-state index in [-0.39, 0.29) is 6.42 Å². The molecule has 0 bridgehead atoms. The van der Waals surface area contributed by atoms with E-state index in [1.54, 1.807) is 6.92 Å². The van der Waals surface area contributed by atoms with Crippen molar-refractivity contribution in [2.45, 2.75) is 25.4 Å². The number of aliphatic carboxylic acids is 1. The molecular weight excluding hydrogens is 350 g/mol. The molecule has 0 aliphatic carbocycles. The molecule has 0 saturated heterocycles. The summed E-state index contributed by atoms with van der Waals surface area (Å²) in [5.41, 5.74) is -2.65. The lowest BCUT2D eigenvalue weighted by atomic mass is 9.87. The van der Waals surface area contributed by atoms with E-state index < -0.39 is 35.2 Å². The second-order valence-corrected chi connectivity index (χ2v) is 5.79. The van der Waals surface area contributed by atoms with Crippen LogP contribution in [0.2, 0.25) is 5.02 Å². The average molecular weight is 366 g/mol. The lowest BCUT2D eigenvalue weighted by Crippen LogP contribution is -2.52. The SMILES string of the molecule is CCC(NC(=O)Cn1ccc(=O)[nH]c1=O)(C(=O)O)c1ccc(Cl)cc1. The van der Waals surface area contributed by atoms with Crippen molar-refractivity contribution in [2.24, 2.45) is 0 Å². The molecule has 0 aliphatic rings. The molecule has 1 heterocycles. The molecule has 1 amide bonds. The van der Waals surface area contributed by atoms with Gasteiger partial charge in [-0.3, -0.25) is 19.1 Å². The minimum Gasteiger partial charge on any atom is -0.479 e. The molecule has 8 nitrogen and oxygen atoms in total. The number of carboxylic acids is 1. The van der Waals surface area contributed by atoms with Crippen molar-refractivity contribution in [1.29, 1.82) is 0 Å². The van der Waals surface area contributed by atoms with Gasteiger partial charge in [-0.2, -0.15) is 0 Å². The first-order valence-electron chi connectivity index (χ1n) is 7.38. The van der Waals surface area contributed by atoms with E-state index in [1.165, 1.54) is 24.3 Å². The van der Waals surface area contributed by atoms with Crippen LogP contribution in [0.4, 0.5) is 0 Å². The fraction of sp³-hybridized carbons (Fsp3) is 0.250. The van der Waals surface area contributed by atoms with Crippen LogP contribution in [0.5, 0.6) is 0 Å². The number of aromatic nitrogens is 2. The van der Waals surface area contributed by atoms with E-state index in [1.807, 2.05) is 4.98 Å². The second-order valence-electron chi connectivity index (χ2n) is 5.36. The van der Waals surface area contributed by atoms with Gasteiger partial charge in [0, 0.05) is 17.3 Å². The molecule has 1 aromatic carbocycles. The lowest BCUT2D eigenvalue weighted by molar-refractivity contribution is -0.148. The van der Waals surface area contributed by atoms with Crippen LogP contribution in [0.3, 0.4) is 0 Å². The van der Waals surface area contributed by atoms with Crippen LogP contribution < -0.4 is 16.6 Å². The van der Waals surface area contributed by atoms with Crippen LogP contribution in [-0.4, -0.2) is 26.5 Å². The maximum atomic E-state index is 12.3. The van der Waals surface area contributed by atoms with Crippen molar-refractivity contribution in [1.82, 2.24) is 14.9 Å².